The molecule has 0 aliphatic carbocycles. The van der Waals surface area contributed by atoms with Gasteiger partial charge in [0.25, 0.3) is 0 Å². The van der Waals surface area contributed by atoms with Crippen molar-refractivity contribution < 1.29 is 9.59 Å². The topological polar surface area (TPSA) is 58.2 Å². The van der Waals surface area contributed by atoms with Crippen LogP contribution in [0.25, 0.3) is 0 Å². The van der Waals surface area contributed by atoms with Gasteiger partial charge in [0.1, 0.15) is 11.3 Å². The van der Waals surface area contributed by atoms with Crippen LogP contribution in [0.3, 0.4) is 0 Å². The van der Waals surface area contributed by atoms with Crippen LogP contribution in [-0.4, -0.2) is 11.7 Å². The molecule has 0 unspecified atom stereocenters. The lowest BCUT2D eigenvalue weighted by Crippen LogP contribution is -2.50. The van der Waals surface area contributed by atoms with Gasteiger partial charge in [-0.05, 0) is 24.1 Å². The third-order valence-electron chi connectivity index (χ3n) is 6.31. The first-order chi connectivity index (χ1) is 14.1. The van der Waals surface area contributed by atoms with Gasteiger partial charge in [-0.2, -0.15) is 0 Å². The number of carbonyl (C=O) groups excluding carboxylic acids is 2. The number of Topliss-reactive ketones (excluding diaryl/α,β-unsaturated/α-hetero) is 1. The maximum atomic E-state index is 13.4. The van der Waals surface area contributed by atoms with Gasteiger partial charge >= 0.3 is 0 Å². The zero-order valence-corrected chi connectivity index (χ0v) is 16.1. The van der Waals surface area contributed by atoms with E-state index in [-0.39, 0.29) is 23.7 Å². The van der Waals surface area contributed by atoms with Gasteiger partial charge in [0.15, 0.2) is 0 Å². The average molecular weight is 382 g/mol. The lowest BCUT2D eigenvalue weighted by atomic mass is 9.70. The second-order valence-corrected chi connectivity index (χ2v) is 7.87. The molecule has 1 saturated heterocycles. The van der Waals surface area contributed by atoms with E-state index in [1.54, 1.807) is 6.92 Å². The second kappa shape index (κ2) is 6.68. The van der Waals surface area contributed by atoms with E-state index in [0.717, 1.165) is 22.4 Å². The first kappa shape index (κ1) is 17.8. The van der Waals surface area contributed by atoms with Crippen LogP contribution >= 0.6 is 0 Å². The molecule has 5 rings (SSSR count). The number of hydrogen-bond acceptors (Lipinski definition) is 3. The van der Waals surface area contributed by atoms with Crippen molar-refractivity contribution in [3.63, 3.8) is 0 Å². The van der Waals surface area contributed by atoms with Crippen LogP contribution in [-0.2, 0) is 15.1 Å². The molecule has 3 aromatic rings. The van der Waals surface area contributed by atoms with Gasteiger partial charge in [-0.25, -0.2) is 0 Å². The number of fused-ring (bicyclic) bond motifs is 2. The Kier molecular flexibility index (Phi) is 4.10. The van der Waals surface area contributed by atoms with Crippen LogP contribution in [0, 0.1) is 5.92 Å². The summed E-state index contributed by atoms with van der Waals surface area (Å²) in [5.41, 5.74) is 2.68. The van der Waals surface area contributed by atoms with Crippen LogP contribution in [0.15, 0.2) is 84.9 Å². The molecule has 4 nitrogen and oxygen atoms in total. The van der Waals surface area contributed by atoms with Gasteiger partial charge in [-0.1, -0.05) is 78.9 Å². The van der Waals surface area contributed by atoms with Crippen LogP contribution in [0.4, 0.5) is 5.69 Å². The standard InChI is InChI=1S/C25H22N2O2/c1-16(28)22-21(17-10-4-2-5-11-17)23(18-12-6-3-7-13-18)27-25(22)19-14-8-9-15-20(19)26-24(25)29/h2-15,21-23,27H,1H3,(H,26,29)/t21-,22-,23+,25-/m1/s1. The number of amides is 1. The SMILES string of the molecule is CC(=O)[C@@H]1[C@@H](c2ccccc2)[C@H](c2ccccc2)N[C@@]12C(=O)Nc1ccccc12. The maximum absolute atomic E-state index is 13.4. The molecule has 3 aromatic carbocycles. The largest absolute Gasteiger partial charge is 0.324 e. The van der Waals surface area contributed by atoms with Gasteiger partial charge in [-0.15, -0.1) is 0 Å². The molecule has 1 amide bonds. The van der Waals surface area contributed by atoms with E-state index >= 15 is 0 Å². The number of hydrogen-bond donors (Lipinski definition) is 2. The fourth-order valence-corrected chi connectivity index (χ4v) is 5.19. The molecule has 4 heteroatoms. The Morgan fingerprint density at radius 1 is 0.828 bits per heavy atom. The zero-order chi connectivity index (χ0) is 20.0. The highest BCUT2D eigenvalue weighted by molar-refractivity contribution is 6.09. The van der Waals surface area contributed by atoms with E-state index in [4.69, 9.17) is 0 Å². The highest BCUT2D eigenvalue weighted by Crippen LogP contribution is 2.56. The lowest BCUT2D eigenvalue weighted by molar-refractivity contribution is -0.131. The molecule has 4 atom stereocenters. The summed E-state index contributed by atoms with van der Waals surface area (Å²) in [6, 6.07) is 27.6. The van der Waals surface area contributed by atoms with Crippen LogP contribution < -0.4 is 10.6 Å². The van der Waals surface area contributed by atoms with Gasteiger partial charge in [-0.3, -0.25) is 14.9 Å². The Bertz CT molecular complexity index is 1080. The van der Waals surface area contributed by atoms with E-state index in [1.807, 2.05) is 60.7 Å². The van der Waals surface area contributed by atoms with E-state index in [9.17, 15) is 9.59 Å². The summed E-state index contributed by atoms with van der Waals surface area (Å²) in [6.07, 6.45) is 0. The van der Waals surface area contributed by atoms with E-state index < -0.39 is 11.5 Å². The summed E-state index contributed by atoms with van der Waals surface area (Å²) in [5, 5.41) is 6.64. The smallest absolute Gasteiger partial charge is 0.250 e. The zero-order valence-electron chi connectivity index (χ0n) is 16.1. The summed E-state index contributed by atoms with van der Waals surface area (Å²) in [6.45, 7) is 1.60. The van der Waals surface area contributed by atoms with Crippen LogP contribution in [0.5, 0.6) is 0 Å². The summed E-state index contributed by atoms with van der Waals surface area (Å²) < 4.78 is 0. The van der Waals surface area contributed by atoms with Crippen molar-refractivity contribution in [2.75, 3.05) is 5.32 Å². The number of carbonyl (C=O) groups is 2. The fraction of sp³-hybridized carbons (Fsp3) is 0.200. The van der Waals surface area contributed by atoms with E-state index in [0.29, 0.717) is 0 Å². The average Bonchev–Trinajstić information content (AvgIpc) is 3.26. The molecule has 1 spiro atoms. The Balaban J connectivity index is 1.76. The molecule has 2 aliphatic heterocycles. The monoisotopic (exact) mass is 382 g/mol. The molecular weight excluding hydrogens is 360 g/mol. The van der Waals surface area contributed by atoms with E-state index in [1.165, 1.54) is 0 Å². The van der Waals surface area contributed by atoms with E-state index in [2.05, 4.69) is 34.9 Å². The van der Waals surface area contributed by atoms with Crippen molar-refractivity contribution in [1.29, 1.82) is 0 Å². The summed E-state index contributed by atoms with van der Waals surface area (Å²) >= 11 is 0. The Morgan fingerprint density at radius 3 is 2.07 bits per heavy atom. The molecule has 144 valence electrons. The molecule has 0 saturated carbocycles. The minimum Gasteiger partial charge on any atom is -0.324 e. The molecular formula is C25H22N2O2. The predicted molar refractivity (Wildman–Crippen MR) is 112 cm³/mol. The van der Waals surface area contributed by atoms with Crippen molar-refractivity contribution in [3.05, 3.63) is 102 Å². The van der Waals surface area contributed by atoms with Crippen molar-refractivity contribution in [1.82, 2.24) is 5.32 Å². The minimum absolute atomic E-state index is 0.0108. The number of ketones is 1. The molecule has 2 heterocycles. The minimum atomic E-state index is -1.08. The molecule has 0 radical (unpaired) electrons. The third-order valence-corrected chi connectivity index (χ3v) is 6.31. The van der Waals surface area contributed by atoms with Crippen molar-refractivity contribution in [3.8, 4) is 0 Å². The summed E-state index contributed by atoms with van der Waals surface area (Å²) in [5.74, 6) is -0.818. The number of anilines is 1. The van der Waals surface area contributed by atoms with Crippen molar-refractivity contribution >= 4 is 17.4 Å². The number of nitrogens with one attached hydrogen (secondary N) is 2. The highest BCUT2D eigenvalue weighted by Gasteiger charge is 2.63. The number of benzene rings is 3. The van der Waals surface area contributed by atoms with Gasteiger partial charge < -0.3 is 5.32 Å². The summed E-state index contributed by atoms with van der Waals surface area (Å²) in [7, 11) is 0. The Hall–Kier alpha value is -3.24. The normalized spacial score (nSPS) is 27.6. The first-order valence-electron chi connectivity index (χ1n) is 9.92. The molecule has 29 heavy (non-hydrogen) atoms. The quantitative estimate of drug-likeness (QED) is 0.715. The Morgan fingerprint density at radius 2 is 1.41 bits per heavy atom. The van der Waals surface area contributed by atoms with Gasteiger partial charge in [0.2, 0.25) is 5.91 Å². The van der Waals surface area contributed by atoms with Crippen molar-refractivity contribution in [2.45, 2.75) is 24.4 Å². The Labute approximate surface area is 170 Å². The molecule has 0 aromatic heterocycles. The molecule has 1 fully saturated rings. The maximum Gasteiger partial charge on any atom is 0.250 e. The van der Waals surface area contributed by atoms with Crippen LogP contribution in [0.1, 0.15) is 35.6 Å². The summed E-state index contributed by atoms with van der Waals surface area (Å²) in [4.78, 5) is 26.5. The van der Waals surface area contributed by atoms with Crippen molar-refractivity contribution in [2.24, 2.45) is 5.92 Å². The number of para-hydroxylation sites is 1. The fourth-order valence-electron chi connectivity index (χ4n) is 5.19. The molecule has 2 N–H and O–H groups in total. The number of rotatable bonds is 3. The van der Waals surface area contributed by atoms with Gasteiger partial charge in [0.05, 0.1) is 5.92 Å². The second-order valence-electron chi connectivity index (χ2n) is 7.87. The van der Waals surface area contributed by atoms with Gasteiger partial charge in [0, 0.05) is 23.2 Å². The lowest BCUT2D eigenvalue weighted by Gasteiger charge is -2.30. The highest BCUT2D eigenvalue weighted by atomic mass is 16.2. The third kappa shape index (κ3) is 2.56. The molecule has 2 aliphatic rings. The first-order valence-corrected chi connectivity index (χ1v) is 9.92. The predicted octanol–water partition coefficient (Wildman–Crippen LogP) is 4.17. The molecule has 0 bridgehead atoms. The van der Waals surface area contributed by atoms with Crippen LogP contribution in [0.2, 0.25) is 0 Å².